The van der Waals surface area contributed by atoms with Crippen molar-refractivity contribution in [1.29, 1.82) is 0 Å². The zero-order valence-corrected chi connectivity index (χ0v) is 7.01. The lowest BCUT2D eigenvalue weighted by Gasteiger charge is -2.18. The van der Waals surface area contributed by atoms with Crippen LogP contribution in [0.5, 0.6) is 0 Å². The van der Waals surface area contributed by atoms with Gasteiger partial charge in [-0.25, -0.2) is 5.26 Å². The lowest BCUT2D eigenvalue weighted by molar-refractivity contribution is -0.132. The molecule has 0 aliphatic heterocycles. The van der Waals surface area contributed by atoms with E-state index in [-0.39, 0.29) is 0 Å². The molecule has 1 N–H and O–H groups in total. The fourth-order valence-electron chi connectivity index (χ4n) is 1.41. The first-order chi connectivity index (χ1) is 5.17. The molecule has 0 heterocycles. The van der Waals surface area contributed by atoms with Gasteiger partial charge in [0.25, 0.3) is 10.1 Å². The summed E-state index contributed by atoms with van der Waals surface area (Å²) in [5.41, 5.74) is 0. The van der Waals surface area contributed by atoms with E-state index in [1.807, 2.05) is 0 Å². The Morgan fingerprint density at radius 2 is 1.73 bits per heavy atom. The lowest BCUT2D eigenvalue weighted by Crippen LogP contribution is -2.24. The van der Waals surface area contributed by atoms with E-state index in [1.165, 1.54) is 0 Å². The molecule has 1 aliphatic carbocycles. The fraction of sp³-hybridized carbons (Fsp3) is 1.00. The van der Waals surface area contributed by atoms with E-state index in [4.69, 9.17) is 5.26 Å². The first-order valence-corrected chi connectivity index (χ1v) is 5.21. The minimum absolute atomic E-state index is 0.485. The predicted octanol–water partition coefficient (Wildman–Crippen LogP) is 1.14. The van der Waals surface area contributed by atoms with E-state index in [0.717, 1.165) is 19.3 Å². The second kappa shape index (κ2) is 3.51. The molecule has 0 amide bonds. The van der Waals surface area contributed by atoms with Crippen molar-refractivity contribution < 1.29 is 18.0 Å². The molecule has 1 saturated carbocycles. The van der Waals surface area contributed by atoms with Crippen molar-refractivity contribution in [3.63, 3.8) is 0 Å². The fourth-order valence-corrected chi connectivity index (χ4v) is 2.45. The summed E-state index contributed by atoms with van der Waals surface area (Å²) in [6, 6.07) is 0. The SMILES string of the molecule is O=S(=O)(OO)C1CCCCC1. The Balaban J connectivity index is 2.58. The smallest absolute Gasteiger partial charge is 0.235 e. The van der Waals surface area contributed by atoms with Crippen LogP contribution in [-0.2, 0) is 14.5 Å². The molecule has 5 heteroatoms. The predicted molar refractivity (Wildman–Crippen MR) is 39.5 cm³/mol. The Hall–Kier alpha value is -0.130. The molecule has 0 aromatic heterocycles. The molecule has 0 bridgehead atoms. The normalized spacial score (nSPS) is 21.9. The third-order valence-electron chi connectivity index (χ3n) is 2.06. The van der Waals surface area contributed by atoms with Crippen LogP contribution in [0.3, 0.4) is 0 Å². The highest BCUT2D eigenvalue weighted by molar-refractivity contribution is 7.87. The van der Waals surface area contributed by atoms with Crippen LogP contribution in [0, 0.1) is 0 Å². The van der Waals surface area contributed by atoms with Crippen LogP contribution in [0.2, 0.25) is 0 Å². The van der Waals surface area contributed by atoms with E-state index in [0.29, 0.717) is 12.8 Å². The topological polar surface area (TPSA) is 63.6 Å². The van der Waals surface area contributed by atoms with Gasteiger partial charge in [-0.15, -0.1) is 4.33 Å². The first-order valence-electron chi connectivity index (χ1n) is 3.73. The van der Waals surface area contributed by atoms with Crippen LogP contribution in [0.4, 0.5) is 0 Å². The standard InChI is InChI=1S/C6H12O4S/c7-10-11(8,9)6-4-2-1-3-5-6/h6-7H,1-5H2. The van der Waals surface area contributed by atoms with Gasteiger partial charge in [-0.2, -0.15) is 8.42 Å². The third kappa shape index (κ3) is 2.15. The summed E-state index contributed by atoms with van der Waals surface area (Å²) in [7, 11) is -3.67. The highest BCUT2D eigenvalue weighted by atomic mass is 32.2. The van der Waals surface area contributed by atoms with E-state index >= 15 is 0 Å². The molecule has 1 rings (SSSR count). The highest BCUT2D eigenvalue weighted by Crippen LogP contribution is 2.23. The molecule has 0 saturated heterocycles. The van der Waals surface area contributed by atoms with E-state index < -0.39 is 15.4 Å². The second-order valence-electron chi connectivity index (χ2n) is 2.83. The molecule has 0 atom stereocenters. The summed E-state index contributed by atoms with van der Waals surface area (Å²) in [6.07, 6.45) is 4.13. The van der Waals surface area contributed by atoms with Crippen molar-refractivity contribution in [1.82, 2.24) is 0 Å². The average Bonchev–Trinajstić information content (AvgIpc) is 2.06. The van der Waals surface area contributed by atoms with Crippen molar-refractivity contribution in [2.24, 2.45) is 0 Å². The van der Waals surface area contributed by atoms with Gasteiger partial charge in [0.2, 0.25) is 0 Å². The molecular formula is C6H12O4S. The van der Waals surface area contributed by atoms with Gasteiger partial charge >= 0.3 is 0 Å². The van der Waals surface area contributed by atoms with Gasteiger partial charge in [0.05, 0.1) is 5.25 Å². The van der Waals surface area contributed by atoms with Crippen LogP contribution >= 0.6 is 0 Å². The molecular weight excluding hydrogens is 168 g/mol. The maximum atomic E-state index is 10.9. The maximum Gasteiger partial charge on any atom is 0.296 e. The molecule has 1 fully saturated rings. The molecule has 4 nitrogen and oxygen atoms in total. The highest BCUT2D eigenvalue weighted by Gasteiger charge is 2.27. The van der Waals surface area contributed by atoms with E-state index in [2.05, 4.69) is 4.33 Å². The maximum absolute atomic E-state index is 10.9. The third-order valence-corrected chi connectivity index (χ3v) is 3.56. The van der Waals surface area contributed by atoms with Crippen LogP contribution in [0.25, 0.3) is 0 Å². The van der Waals surface area contributed by atoms with Gasteiger partial charge < -0.3 is 0 Å². The van der Waals surface area contributed by atoms with Gasteiger partial charge in [0, 0.05) is 0 Å². The summed E-state index contributed by atoms with van der Waals surface area (Å²) in [5, 5.41) is 7.57. The Bertz CT molecular complexity index is 203. The first kappa shape index (κ1) is 8.96. The molecule has 11 heavy (non-hydrogen) atoms. The number of hydrogen-bond donors (Lipinski definition) is 1. The molecule has 0 aromatic rings. The second-order valence-corrected chi connectivity index (χ2v) is 4.63. The van der Waals surface area contributed by atoms with Gasteiger partial charge in [0.15, 0.2) is 0 Å². The van der Waals surface area contributed by atoms with Crippen molar-refractivity contribution in [2.75, 3.05) is 0 Å². The molecule has 1 aliphatic rings. The van der Waals surface area contributed by atoms with Gasteiger partial charge in [-0.05, 0) is 12.8 Å². The number of hydrogen-bond acceptors (Lipinski definition) is 4. The number of rotatable bonds is 2. The zero-order chi connectivity index (χ0) is 8.32. The van der Waals surface area contributed by atoms with Crippen LogP contribution < -0.4 is 0 Å². The average molecular weight is 180 g/mol. The van der Waals surface area contributed by atoms with Gasteiger partial charge in [0.1, 0.15) is 0 Å². The Labute approximate surface area is 66.2 Å². The quantitative estimate of drug-likeness (QED) is 0.511. The van der Waals surface area contributed by atoms with Crippen LogP contribution in [0.1, 0.15) is 32.1 Å². The molecule has 0 unspecified atom stereocenters. The largest absolute Gasteiger partial charge is 0.296 e. The van der Waals surface area contributed by atoms with Crippen molar-refractivity contribution >= 4 is 10.1 Å². The Morgan fingerprint density at radius 3 is 2.18 bits per heavy atom. The summed E-state index contributed by atoms with van der Waals surface area (Å²) in [4.78, 5) is 0. The van der Waals surface area contributed by atoms with Crippen LogP contribution in [-0.4, -0.2) is 18.9 Å². The minimum Gasteiger partial charge on any atom is -0.235 e. The van der Waals surface area contributed by atoms with Crippen molar-refractivity contribution in [3.05, 3.63) is 0 Å². The summed E-state index contributed by atoms with van der Waals surface area (Å²) < 4.78 is 25.2. The molecule has 0 radical (unpaired) electrons. The van der Waals surface area contributed by atoms with Crippen molar-refractivity contribution in [2.45, 2.75) is 37.4 Å². The molecule has 66 valence electrons. The Morgan fingerprint density at radius 1 is 1.18 bits per heavy atom. The molecule has 0 spiro atoms. The monoisotopic (exact) mass is 180 g/mol. The van der Waals surface area contributed by atoms with Gasteiger partial charge in [-0.3, -0.25) is 0 Å². The summed E-state index contributed by atoms with van der Waals surface area (Å²) in [6.45, 7) is 0. The minimum atomic E-state index is -3.67. The van der Waals surface area contributed by atoms with E-state index in [9.17, 15) is 8.42 Å². The summed E-state index contributed by atoms with van der Waals surface area (Å²) in [5.74, 6) is 0. The zero-order valence-electron chi connectivity index (χ0n) is 6.19. The Kier molecular flexibility index (Phi) is 2.86. The lowest BCUT2D eigenvalue weighted by atomic mass is 10.0. The van der Waals surface area contributed by atoms with Gasteiger partial charge in [-0.1, -0.05) is 19.3 Å². The van der Waals surface area contributed by atoms with Crippen LogP contribution in [0.15, 0.2) is 0 Å². The van der Waals surface area contributed by atoms with E-state index in [1.54, 1.807) is 0 Å². The summed E-state index contributed by atoms with van der Waals surface area (Å²) >= 11 is 0. The van der Waals surface area contributed by atoms with Crippen molar-refractivity contribution in [3.8, 4) is 0 Å². The molecule has 0 aromatic carbocycles.